The van der Waals surface area contributed by atoms with Crippen LogP contribution in [0.5, 0.6) is 0 Å². The van der Waals surface area contributed by atoms with Crippen LogP contribution in [-0.4, -0.2) is 20.1 Å². The van der Waals surface area contributed by atoms with Crippen molar-refractivity contribution in [1.29, 1.82) is 0 Å². The van der Waals surface area contributed by atoms with E-state index in [-0.39, 0.29) is 0 Å². The average molecular weight is 357 g/mol. The molecule has 0 amide bonds. The van der Waals surface area contributed by atoms with E-state index in [0.717, 1.165) is 21.8 Å². The van der Waals surface area contributed by atoms with Crippen LogP contribution in [0.4, 0.5) is 0 Å². The molecule has 0 saturated carbocycles. The van der Waals surface area contributed by atoms with Gasteiger partial charge in [-0.05, 0) is 36.8 Å². The van der Waals surface area contributed by atoms with Crippen molar-refractivity contribution in [3.63, 3.8) is 0 Å². The van der Waals surface area contributed by atoms with Crippen LogP contribution < -0.4 is 0 Å². The zero-order valence-electron chi connectivity index (χ0n) is 12.8. The molecule has 0 fully saturated rings. The second kappa shape index (κ2) is 6.30. The van der Waals surface area contributed by atoms with Gasteiger partial charge in [0.05, 0.1) is 16.8 Å². The number of nitrogens with zero attached hydrogens (tertiary/aromatic N) is 3. The van der Waals surface area contributed by atoms with E-state index in [0.29, 0.717) is 22.5 Å². The highest BCUT2D eigenvalue weighted by Gasteiger charge is 2.11. The first-order chi connectivity index (χ1) is 11.7. The van der Waals surface area contributed by atoms with Gasteiger partial charge >= 0.3 is 0 Å². The van der Waals surface area contributed by atoms with Crippen LogP contribution in [0.15, 0.2) is 52.1 Å². The highest BCUT2D eigenvalue weighted by molar-refractivity contribution is 7.98. The van der Waals surface area contributed by atoms with Gasteiger partial charge in [-0.1, -0.05) is 46.7 Å². The average Bonchev–Trinajstić information content (AvgIpc) is 3.19. The quantitative estimate of drug-likeness (QED) is 0.528. The molecule has 120 valence electrons. The normalized spacial score (nSPS) is 11.2. The number of rotatable bonds is 4. The molecule has 0 aliphatic carbocycles. The lowest BCUT2D eigenvalue weighted by atomic mass is 10.2. The minimum atomic E-state index is 0.535. The Hall–Kier alpha value is -2.31. The maximum Gasteiger partial charge on any atom is 0.237 e. The Bertz CT molecular complexity index is 1010. The maximum atomic E-state index is 5.99. The van der Waals surface area contributed by atoms with Crippen LogP contribution in [-0.2, 0) is 5.75 Å². The highest BCUT2D eigenvalue weighted by Crippen LogP contribution is 2.25. The molecule has 0 unspecified atom stereocenters. The van der Waals surface area contributed by atoms with Crippen LogP contribution in [0.25, 0.3) is 22.4 Å². The predicted molar refractivity (Wildman–Crippen MR) is 95.1 cm³/mol. The highest BCUT2D eigenvalue weighted by atomic mass is 35.5. The molecule has 4 rings (SSSR count). The summed E-state index contributed by atoms with van der Waals surface area (Å²) in [6.07, 6.45) is 0. The number of hydrogen-bond donors (Lipinski definition) is 1. The van der Waals surface area contributed by atoms with E-state index in [9.17, 15) is 0 Å². The summed E-state index contributed by atoms with van der Waals surface area (Å²) in [6.45, 7) is 2.06. The van der Waals surface area contributed by atoms with Crippen LogP contribution >= 0.6 is 23.4 Å². The molecule has 2 heterocycles. The fourth-order valence-electron chi connectivity index (χ4n) is 2.36. The van der Waals surface area contributed by atoms with Gasteiger partial charge in [0.25, 0.3) is 0 Å². The second-order valence-corrected chi connectivity index (χ2v) is 6.77. The van der Waals surface area contributed by atoms with Gasteiger partial charge in [0.15, 0.2) is 5.16 Å². The van der Waals surface area contributed by atoms with Gasteiger partial charge in [0.2, 0.25) is 11.7 Å². The molecule has 24 heavy (non-hydrogen) atoms. The summed E-state index contributed by atoms with van der Waals surface area (Å²) in [5.41, 5.74) is 4.02. The lowest BCUT2D eigenvalue weighted by Gasteiger charge is -1.94. The Morgan fingerprint density at radius 1 is 1.17 bits per heavy atom. The molecule has 0 saturated heterocycles. The molecule has 7 heteroatoms. The van der Waals surface area contributed by atoms with E-state index in [1.807, 2.05) is 36.4 Å². The zero-order valence-corrected chi connectivity index (χ0v) is 14.4. The zero-order chi connectivity index (χ0) is 16.5. The number of aromatic nitrogens is 4. The molecule has 2 aromatic heterocycles. The molecule has 0 aliphatic heterocycles. The van der Waals surface area contributed by atoms with Gasteiger partial charge in [-0.2, -0.15) is 4.98 Å². The van der Waals surface area contributed by atoms with Crippen molar-refractivity contribution >= 4 is 34.4 Å². The summed E-state index contributed by atoms with van der Waals surface area (Å²) in [6, 6.07) is 13.5. The van der Waals surface area contributed by atoms with E-state index in [2.05, 4.69) is 33.1 Å². The van der Waals surface area contributed by atoms with Gasteiger partial charge in [-0.25, -0.2) is 4.98 Å². The number of nitrogens with one attached hydrogen (secondary N) is 1. The summed E-state index contributed by atoms with van der Waals surface area (Å²) in [5.74, 6) is 1.63. The van der Waals surface area contributed by atoms with Crippen LogP contribution in [0, 0.1) is 6.92 Å². The maximum absolute atomic E-state index is 5.99. The topological polar surface area (TPSA) is 67.6 Å². The number of aryl methyl sites for hydroxylation is 1. The molecular weight excluding hydrogens is 344 g/mol. The minimum absolute atomic E-state index is 0.535. The van der Waals surface area contributed by atoms with Gasteiger partial charge < -0.3 is 9.51 Å². The van der Waals surface area contributed by atoms with Gasteiger partial charge in [-0.3, -0.25) is 0 Å². The summed E-state index contributed by atoms with van der Waals surface area (Å²) < 4.78 is 5.31. The lowest BCUT2D eigenvalue weighted by molar-refractivity contribution is 0.391. The van der Waals surface area contributed by atoms with Gasteiger partial charge in [0.1, 0.15) is 0 Å². The molecule has 4 aromatic rings. The van der Waals surface area contributed by atoms with E-state index in [1.54, 1.807) is 0 Å². The smallest absolute Gasteiger partial charge is 0.237 e. The molecule has 0 radical (unpaired) electrons. The van der Waals surface area contributed by atoms with Crippen molar-refractivity contribution < 1.29 is 4.52 Å². The Morgan fingerprint density at radius 3 is 2.96 bits per heavy atom. The molecule has 5 nitrogen and oxygen atoms in total. The van der Waals surface area contributed by atoms with Gasteiger partial charge in [0, 0.05) is 10.6 Å². The van der Waals surface area contributed by atoms with E-state index in [4.69, 9.17) is 16.1 Å². The van der Waals surface area contributed by atoms with Crippen molar-refractivity contribution in [3.8, 4) is 11.4 Å². The number of imidazole rings is 1. The third-order valence-corrected chi connectivity index (χ3v) is 4.59. The largest absolute Gasteiger partial charge is 0.338 e. The molecule has 0 atom stereocenters. The van der Waals surface area contributed by atoms with Gasteiger partial charge in [-0.15, -0.1) is 0 Å². The number of fused-ring (bicyclic) bond motifs is 1. The SMILES string of the molecule is Cc1ccc2nc(SCc3nc(-c4cccc(Cl)c4)no3)[nH]c2c1. The summed E-state index contributed by atoms with van der Waals surface area (Å²) in [5, 5.41) is 5.48. The number of aromatic amines is 1. The Morgan fingerprint density at radius 2 is 2.08 bits per heavy atom. The Balaban J connectivity index is 1.49. The number of benzene rings is 2. The third kappa shape index (κ3) is 3.16. The molecule has 0 spiro atoms. The first-order valence-electron chi connectivity index (χ1n) is 7.35. The second-order valence-electron chi connectivity index (χ2n) is 5.37. The number of halogens is 1. The number of hydrogen-bond acceptors (Lipinski definition) is 5. The van der Waals surface area contributed by atoms with Crippen molar-refractivity contribution in [2.75, 3.05) is 0 Å². The minimum Gasteiger partial charge on any atom is -0.338 e. The summed E-state index contributed by atoms with van der Waals surface area (Å²) in [4.78, 5) is 12.2. The first-order valence-corrected chi connectivity index (χ1v) is 8.71. The van der Waals surface area contributed by atoms with Crippen LogP contribution in [0.1, 0.15) is 11.5 Å². The molecule has 0 aliphatic rings. The molecular formula is C17H13ClN4OS. The summed E-state index contributed by atoms with van der Waals surface area (Å²) >= 11 is 7.52. The van der Waals surface area contributed by atoms with Crippen molar-refractivity contribution in [2.45, 2.75) is 17.8 Å². The summed E-state index contributed by atoms with van der Waals surface area (Å²) in [7, 11) is 0. The van der Waals surface area contributed by atoms with Crippen molar-refractivity contribution in [1.82, 2.24) is 20.1 Å². The third-order valence-electron chi connectivity index (χ3n) is 3.50. The Labute approximate surface area is 147 Å². The predicted octanol–water partition coefficient (Wildman–Crippen LogP) is 4.87. The first kappa shape index (κ1) is 15.2. The van der Waals surface area contributed by atoms with E-state index < -0.39 is 0 Å². The molecule has 2 aromatic carbocycles. The monoisotopic (exact) mass is 356 g/mol. The number of thioether (sulfide) groups is 1. The van der Waals surface area contributed by atoms with E-state index >= 15 is 0 Å². The van der Waals surface area contributed by atoms with Crippen LogP contribution in [0.3, 0.4) is 0 Å². The lowest BCUT2D eigenvalue weighted by Crippen LogP contribution is -1.83. The fourth-order valence-corrected chi connectivity index (χ4v) is 3.27. The number of H-pyrrole nitrogens is 1. The molecule has 0 bridgehead atoms. The van der Waals surface area contributed by atoms with Crippen LogP contribution in [0.2, 0.25) is 5.02 Å². The Kier molecular flexibility index (Phi) is 4.00. The van der Waals surface area contributed by atoms with E-state index in [1.165, 1.54) is 17.3 Å². The van der Waals surface area contributed by atoms with Crippen molar-refractivity contribution in [2.24, 2.45) is 0 Å². The molecule has 1 N–H and O–H groups in total. The van der Waals surface area contributed by atoms with Crippen molar-refractivity contribution in [3.05, 3.63) is 58.9 Å². The standard InChI is InChI=1S/C17H13ClN4OS/c1-10-5-6-13-14(7-10)20-17(19-13)24-9-15-21-16(22-23-15)11-3-2-4-12(18)8-11/h2-8H,9H2,1H3,(H,19,20). The fraction of sp³-hybridized carbons (Fsp3) is 0.118.